The van der Waals surface area contributed by atoms with E-state index in [4.69, 9.17) is 11.6 Å². The topological polar surface area (TPSA) is 0 Å². The number of benzene rings is 1. The van der Waals surface area contributed by atoms with Crippen molar-refractivity contribution in [3.8, 4) is 0 Å². The van der Waals surface area contributed by atoms with Crippen LogP contribution in [-0.2, 0) is 5.41 Å². The monoisotopic (exact) mass is 182 g/mol. The molecule has 0 aliphatic rings. The van der Waals surface area contributed by atoms with Crippen molar-refractivity contribution in [1.82, 2.24) is 0 Å². The molecule has 0 aromatic heterocycles. The van der Waals surface area contributed by atoms with E-state index in [-0.39, 0.29) is 5.41 Å². The van der Waals surface area contributed by atoms with E-state index in [1.54, 1.807) is 0 Å². The van der Waals surface area contributed by atoms with Gasteiger partial charge < -0.3 is 0 Å². The minimum Gasteiger partial charge on any atom is -0.126 e. The second kappa shape index (κ2) is 3.95. The molecule has 1 atom stereocenters. The Balaban J connectivity index is 2.95. The van der Waals surface area contributed by atoms with Crippen LogP contribution in [-0.4, -0.2) is 5.88 Å². The minimum atomic E-state index is 0.142. The van der Waals surface area contributed by atoms with E-state index >= 15 is 0 Å². The van der Waals surface area contributed by atoms with Crippen LogP contribution < -0.4 is 0 Å². The molecule has 0 N–H and O–H groups in total. The third-order valence-electron chi connectivity index (χ3n) is 2.55. The van der Waals surface area contributed by atoms with Crippen LogP contribution in [0.25, 0.3) is 0 Å². The highest BCUT2D eigenvalue weighted by Crippen LogP contribution is 2.28. The summed E-state index contributed by atoms with van der Waals surface area (Å²) in [7, 11) is 0. The first kappa shape index (κ1) is 9.60. The highest BCUT2D eigenvalue weighted by molar-refractivity contribution is 6.18. The van der Waals surface area contributed by atoms with Gasteiger partial charge >= 0.3 is 0 Å². The maximum atomic E-state index is 5.94. The van der Waals surface area contributed by atoms with Crippen LogP contribution in [0, 0.1) is 0 Å². The van der Waals surface area contributed by atoms with E-state index in [0.717, 1.165) is 6.42 Å². The molecule has 0 aliphatic heterocycles. The lowest BCUT2D eigenvalue weighted by Crippen LogP contribution is -2.22. The molecular weight excluding hydrogens is 168 g/mol. The largest absolute Gasteiger partial charge is 0.126 e. The van der Waals surface area contributed by atoms with Crippen molar-refractivity contribution in [1.29, 1.82) is 0 Å². The average Bonchev–Trinajstić information content (AvgIpc) is 2.18. The molecule has 0 fully saturated rings. The van der Waals surface area contributed by atoms with Gasteiger partial charge in [0.1, 0.15) is 0 Å². The van der Waals surface area contributed by atoms with Gasteiger partial charge in [0.15, 0.2) is 0 Å². The third-order valence-corrected chi connectivity index (χ3v) is 3.14. The summed E-state index contributed by atoms with van der Waals surface area (Å²) in [5.41, 5.74) is 1.48. The predicted molar refractivity (Wildman–Crippen MR) is 54.8 cm³/mol. The SMILES string of the molecule is CCC(C)(CCl)c1ccccc1. The van der Waals surface area contributed by atoms with Gasteiger partial charge in [-0.2, -0.15) is 0 Å². The summed E-state index contributed by atoms with van der Waals surface area (Å²) in [6, 6.07) is 10.5. The lowest BCUT2D eigenvalue weighted by atomic mass is 9.82. The summed E-state index contributed by atoms with van der Waals surface area (Å²) in [4.78, 5) is 0. The summed E-state index contributed by atoms with van der Waals surface area (Å²) in [5, 5.41) is 0. The van der Waals surface area contributed by atoms with E-state index < -0.39 is 0 Å². The van der Waals surface area contributed by atoms with Gasteiger partial charge in [-0.3, -0.25) is 0 Å². The molecule has 0 bridgehead atoms. The van der Waals surface area contributed by atoms with Crippen LogP contribution in [0.15, 0.2) is 30.3 Å². The smallest absolute Gasteiger partial charge is 0.0317 e. The molecule has 1 heteroatoms. The fourth-order valence-electron chi connectivity index (χ4n) is 1.22. The Morgan fingerprint density at radius 2 is 1.83 bits per heavy atom. The molecule has 66 valence electrons. The molecule has 0 saturated heterocycles. The summed E-state index contributed by atoms with van der Waals surface area (Å²) in [6.45, 7) is 4.38. The van der Waals surface area contributed by atoms with Gasteiger partial charge in [-0.05, 0) is 12.0 Å². The first-order valence-electron chi connectivity index (χ1n) is 4.34. The van der Waals surface area contributed by atoms with Crippen molar-refractivity contribution < 1.29 is 0 Å². The van der Waals surface area contributed by atoms with Gasteiger partial charge in [0.25, 0.3) is 0 Å². The third kappa shape index (κ3) is 1.81. The van der Waals surface area contributed by atoms with E-state index in [0.29, 0.717) is 5.88 Å². The normalized spacial score (nSPS) is 15.6. The van der Waals surface area contributed by atoms with Crippen molar-refractivity contribution in [3.63, 3.8) is 0 Å². The van der Waals surface area contributed by atoms with E-state index in [1.165, 1.54) is 5.56 Å². The Bertz CT molecular complexity index is 224. The molecule has 0 aliphatic carbocycles. The summed E-state index contributed by atoms with van der Waals surface area (Å²) >= 11 is 5.94. The van der Waals surface area contributed by atoms with E-state index in [1.807, 2.05) is 6.07 Å². The molecule has 0 saturated carbocycles. The fourth-order valence-corrected chi connectivity index (χ4v) is 1.56. The van der Waals surface area contributed by atoms with Gasteiger partial charge in [0.2, 0.25) is 0 Å². The molecule has 0 radical (unpaired) electrons. The molecule has 1 rings (SSSR count). The average molecular weight is 183 g/mol. The molecule has 0 nitrogen and oxygen atoms in total. The van der Waals surface area contributed by atoms with Crippen LogP contribution in [0.1, 0.15) is 25.8 Å². The van der Waals surface area contributed by atoms with Crippen molar-refractivity contribution in [3.05, 3.63) is 35.9 Å². The second-order valence-electron chi connectivity index (χ2n) is 3.41. The highest BCUT2D eigenvalue weighted by Gasteiger charge is 2.22. The molecule has 1 unspecified atom stereocenters. The first-order valence-corrected chi connectivity index (χ1v) is 4.88. The molecule has 0 spiro atoms. The molecule has 0 heterocycles. The maximum Gasteiger partial charge on any atom is 0.0317 e. The van der Waals surface area contributed by atoms with Crippen LogP contribution in [0.4, 0.5) is 0 Å². The van der Waals surface area contributed by atoms with Gasteiger partial charge in [0, 0.05) is 11.3 Å². The number of hydrogen-bond donors (Lipinski definition) is 0. The van der Waals surface area contributed by atoms with Crippen molar-refractivity contribution in [2.75, 3.05) is 5.88 Å². The summed E-state index contributed by atoms with van der Waals surface area (Å²) < 4.78 is 0. The van der Waals surface area contributed by atoms with E-state index in [9.17, 15) is 0 Å². The van der Waals surface area contributed by atoms with Gasteiger partial charge in [-0.15, -0.1) is 11.6 Å². The molecular formula is C11H15Cl. The van der Waals surface area contributed by atoms with Crippen LogP contribution in [0.2, 0.25) is 0 Å². The number of rotatable bonds is 3. The molecule has 0 amide bonds. The molecule has 1 aromatic carbocycles. The zero-order chi connectivity index (χ0) is 9.03. The molecule has 12 heavy (non-hydrogen) atoms. The second-order valence-corrected chi connectivity index (χ2v) is 3.68. The van der Waals surface area contributed by atoms with E-state index in [2.05, 4.69) is 38.1 Å². The number of alkyl halides is 1. The summed E-state index contributed by atoms with van der Waals surface area (Å²) in [6.07, 6.45) is 1.08. The number of halogens is 1. The quantitative estimate of drug-likeness (QED) is 0.627. The zero-order valence-corrected chi connectivity index (χ0v) is 8.43. The van der Waals surface area contributed by atoms with Crippen molar-refractivity contribution >= 4 is 11.6 Å². The lowest BCUT2D eigenvalue weighted by molar-refractivity contribution is 0.513. The predicted octanol–water partition coefficient (Wildman–Crippen LogP) is 3.59. The van der Waals surface area contributed by atoms with Gasteiger partial charge in [-0.25, -0.2) is 0 Å². The van der Waals surface area contributed by atoms with Gasteiger partial charge in [-0.1, -0.05) is 44.2 Å². The standard InChI is InChI=1S/C11H15Cl/c1-3-11(2,9-12)10-7-5-4-6-8-10/h4-8H,3,9H2,1-2H3. The first-order chi connectivity index (χ1) is 5.73. The van der Waals surface area contributed by atoms with Gasteiger partial charge in [0.05, 0.1) is 0 Å². The van der Waals surface area contributed by atoms with Crippen LogP contribution in [0.5, 0.6) is 0 Å². The minimum absolute atomic E-state index is 0.142. The maximum absolute atomic E-state index is 5.94. The Labute approximate surface area is 79.6 Å². The Hall–Kier alpha value is -0.490. The summed E-state index contributed by atoms with van der Waals surface area (Å²) in [5.74, 6) is 0.688. The Kier molecular flexibility index (Phi) is 3.16. The fraction of sp³-hybridized carbons (Fsp3) is 0.455. The lowest BCUT2D eigenvalue weighted by Gasteiger charge is -2.25. The Morgan fingerprint density at radius 3 is 2.25 bits per heavy atom. The van der Waals surface area contributed by atoms with Crippen molar-refractivity contribution in [2.24, 2.45) is 0 Å². The highest BCUT2D eigenvalue weighted by atomic mass is 35.5. The Morgan fingerprint density at radius 1 is 1.25 bits per heavy atom. The number of hydrogen-bond acceptors (Lipinski definition) is 0. The van der Waals surface area contributed by atoms with Crippen LogP contribution >= 0.6 is 11.6 Å². The molecule has 1 aromatic rings. The zero-order valence-electron chi connectivity index (χ0n) is 7.68. The van der Waals surface area contributed by atoms with Crippen molar-refractivity contribution in [2.45, 2.75) is 25.7 Å². The van der Waals surface area contributed by atoms with Crippen LogP contribution in [0.3, 0.4) is 0 Å².